The maximum atomic E-state index is 12.4. The summed E-state index contributed by atoms with van der Waals surface area (Å²) in [6, 6.07) is 9.77. The standard InChI is InChI=1S/C20H21N3O5/c21-23-22-8-2-1-3-9-27-15-6-4-13(5-7-15)18-12-17(26)20-16(25)10-14(24)11-19(20)28-18/h4-7,10-11,18,24-25H,1-3,8-9,12H2. The van der Waals surface area contributed by atoms with Gasteiger partial charge in [-0.2, -0.15) is 0 Å². The average Bonchev–Trinajstić information content (AvgIpc) is 2.67. The number of carbonyl (C=O) groups excluding carboxylic acids is 1. The van der Waals surface area contributed by atoms with Gasteiger partial charge in [-0.3, -0.25) is 4.79 Å². The van der Waals surface area contributed by atoms with Crippen molar-refractivity contribution < 1.29 is 24.5 Å². The molecule has 3 rings (SSSR count). The van der Waals surface area contributed by atoms with Crippen molar-refractivity contribution in [3.05, 3.63) is 58.0 Å². The van der Waals surface area contributed by atoms with Crippen molar-refractivity contribution in [2.45, 2.75) is 31.8 Å². The monoisotopic (exact) mass is 383 g/mol. The highest BCUT2D eigenvalue weighted by molar-refractivity contribution is 6.02. The Bertz CT molecular complexity index is 891. The molecule has 8 heteroatoms. The van der Waals surface area contributed by atoms with E-state index in [4.69, 9.17) is 15.0 Å². The molecule has 2 N–H and O–H groups in total. The van der Waals surface area contributed by atoms with E-state index in [2.05, 4.69) is 10.0 Å². The zero-order valence-electron chi connectivity index (χ0n) is 15.2. The second kappa shape index (κ2) is 9.01. The summed E-state index contributed by atoms with van der Waals surface area (Å²) in [4.78, 5) is 15.1. The van der Waals surface area contributed by atoms with Gasteiger partial charge in [0.2, 0.25) is 0 Å². The molecule has 8 nitrogen and oxygen atoms in total. The summed E-state index contributed by atoms with van der Waals surface area (Å²) >= 11 is 0. The number of Topliss-reactive ketones (excluding diaryl/α,β-unsaturated/α-hetero) is 1. The van der Waals surface area contributed by atoms with Gasteiger partial charge in [0, 0.05) is 23.6 Å². The molecule has 2 aromatic rings. The molecular weight excluding hydrogens is 362 g/mol. The number of ether oxygens (including phenoxy) is 2. The molecule has 1 heterocycles. The molecule has 1 unspecified atom stereocenters. The molecule has 0 amide bonds. The summed E-state index contributed by atoms with van der Waals surface area (Å²) < 4.78 is 11.5. The molecule has 0 fully saturated rings. The third-order valence-corrected chi connectivity index (χ3v) is 4.47. The number of carbonyl (C=O) groups is 1. The van der Waals surface area contributed by atoms with Crippen LogP contribution in [0.5, 0.6) is 23.0 Å². The van der Waals surface area contributed by atoms with E-state index in [1.165, 1.54) is 6.07 Å². The molecule has 146 valence electrons. The van der Waals surface area contributed by atoms with Crippen LogP contribution >= 0.6 is 0 Å². The molecule has 0 radical (unpaired) electrons. The number of benzene rings is 2. The number of nitrogens with zero attached hydrogens (tertiary/aromatic N) is 3. The molecule has 1 atom stereocenters. The van der Waals surface area contributed by atoms with Crippen LogP contribution in [0.3, 0.4) is 0 Å². The van der Waals surface area contributed by atoms with Crippen molar-refractivity contribution in [2.75, 3.05) is 13.2 Å². The quantitative estimate of drug-likeness (QED) is 0.297. The zero-order chi connectivity index (χ0) is 19.9. The van der Waals surface area contributed by atoms with Crippen molar-refractivity contribution >= 4 is 5.78 Å². The molecule has 0 saturated carbocycles. The first-order valence-corrected chi connectivity index (χ1v) is 9.08. The predicted octanol–water partition coefficient (Wildman–Crippen LogP) is 4.66. The Morgan fingerprint density at radius 3 is 2.71 bits per heavy atom. The maximum Gasteiger partial charge on any atom is 0.174 e. The van der Waals surface area contributed by atoms with E-state index in [9.17, 15) is 15.0 Å². The Morgan fingerprint density at radius 1 is 1.18 bits per heavy atom. The minimum atomic E-state index is -0.490. The smallest absolute Gasteiger partial charge is 0.174 e. The van der Waals surface area contributed by atoms with Gasteiger partial charge in [0.15, 0.2) is 5.78 Å². The Labute approximate surface area is 162 Å². The van der Waals surface area contributed by atoms with Gasteiger partial charge < -0.3 is 19.7 Å². The first-order valence-electron chi connectivity index (χ1n) is 9.08. The number of aromatic hydroxyl groups is 2. The first-order chi connectivity index (χ1) is 13.6. The van der Waals surface area contributed by atoms with Gasteiger partial charge >= 0.3 is 0 Å². The normalized spacial score (nSPS) is 15.3. The number of rotatable bonds is 8. The van der Waals surface area contributed by atoms with Crippen LogP contribution in [0.15, 0.2) is 41.5 Å². The number of hydrogen-bond donors (Lipinski definition) is 2. The Balaban J connectivity index is 1.56. The van der Waals surface area contributed by atoms with E-state index in [1.54, 1.807) is 0 Å². The van der Waals surface area contributed by atoms with E-state index >= 15 is 0 Å². The van der Waals surface area contributed by atoms with Crippen molar-refractivity contribution in [3.63, 3.8) is 0 Å². The lowest BCUT2D eigenvalue weighted by Crippen LogP contribution is -2.20. The molecule has 0 aliphatic carbocycles. The minimum absolute atomic E-state index is 0.106. The van der Waals surface area contributed by atoms with Gasteiger partial charge in [-0.1, -0.05) is 17.2 Å². The third kappa shape index (κ3) is 4.66. The SMILES string of the molecule is [N-]=[N+]=NCCCCCOc1ccc(C2CC(=O)c3c(O)cc(O)cc3O2)cc1. The van der Waals surface area contributed by atoms with Gasteiger partial charge in [-0.15, -0.1) is 0 Å². The predicted molar refractivity (Wildman–Crippen MR) is 102 cm³/mol. The highest BCUT2D eigenvalue weighted by atomic mass is 16.5. The second-order valence-corrected chi connectivity index (χ2v) is 6.50. The lowest BCUT2D eigenvalue weighted by atomic mass is 9.95. The number of azide groups is 1. The molecule has 0 bridgehead atoms. The van der Waals surface area contributed by atoms with Crippen molar-refractivity contribution in [1.29, 1.82) is 0 Å². The molecule has 0 aromatic heterocycles. The van der Waals surface area contributed by atoms with Crippen LogP contribution in [0.25, 0.3) is 10.4 Å². The van der Waals surface area contributed by atoms with Crippen LogP contribution in [0.4, 0.5) is 0 Å². The fourth-order valence-electron chi connectivity index (χ4n) is 3.09. The van der Waals surface area contributed by atoms with Crippen LogP contribution in [0.2, 0.25) is 0 Å². The molecule has 1 aliphatic heterocycles. The molecule has 0 saturated heterocycles. The van der Waals surface area contributed by atoms with E-state index in [1.807, 2.05) is 24.3 Å². The highest BCUT2D eigenvalue weighted by Crippen LogP contribution is 2.41. The van der Waals surface area contributed by atoms with Gasteiger partial charge in [0.05, 0.1) is 13.0 Å². The van der Waals surface area contributed by atoms with E-state index in [-0.39, 0.29) is 35.0 Å². The number of phenolic OH excluding ortho intramolecular Hbond substituents is 2. The van der Waals surface area contributed by atoms with Crippen LogP contribution < -0.4 is 9.47 Å². The fraction of sp³-hybridized carbons (Fsp3) is 0.350. The van der Waals surface area contributed by atoms with Gasteiger partial charge in [-0.05, 0) is 42.5 Å². The number of ketones is 1. The van der Waals surface area contributed by atoms with Crippen molar-refractivity contribution in [3.8, 4) is 23.0 Å². The molecule has 0 spiro atoms. The van der Waals surface area contributed by atoms with E-state index in [0.717, 1.165) is 36.6 Å². The zero-order valence-corrected chi connectivity index (χ0v) is 15.2. The summed E-state index contributed by atoms with van der Waals surface area (Å²) in [6.45, 7) is 1.07. The molecule has 1 aliphatic rings. The van der Waals surface area contributed by atoms with Crippen LogP contribution in [-0.2, 0) is 0 Å². The van der Waals surface area contributed by atoms with Crippen molar-refractivity contribution in [2.24, 2.45) is 5.11 Å². The van der Waals surface area contributed by atoms with Crippen molar-refractivity contribution in [1.82, 2.24) is 0 Å². The third-order valence-electron chi connectivity index (χ3n) is 4.47. The summed E-state index contributed by atoms with van der Waals surface area (Å²) in [5.74, 6) is 0.232. The van der Waals surface area contributed by atoms with E-state index in [0.29, 0.717) is 13.2 Å². The fourth-order valence-corrected chi connectivity index (χ4v) is 3.09. The summed E-state index contributed by atoms with van der Waals surface area (Å²) in [7, 11) is 0. The second-order valence-electron chi connectivity index (χ2n) is 6.50. The van der Waals surface area contributed by atoms with Gasteiger partial charge in [0.25, 0.3) is 0 Å². The Morgan fingerprint density at radius 2 is 1.96 bits per heavy atom. The number of phenols is 2. The first kappa shape index (κ1) is 19.4. The highest BCUT2D eigenvalue weighted by Gasteiger charge is 2.30. The summed E-state index contributed by atoms with van der Waals surface area (Å²) in [5, 5.41) is 23.0. The minimum Gasteiger partial charge on any atom is -0.508 e. The van der Waals surface area contributed by atoms with E-state index < -0.39 is 6.10 Å². The number of unbranched alkanes of at least 4 members (excludes halogenated alkanes) is 2. The largest absolute Gasteiger partial charge is 0.508 e. The average molecular weight is 383 g/mol. The maximum absolute atomic E-state index is 12.4. The van der Waals surface area contributed by atoms with Crippen LogP contribution in [0.1, 0.15) is 47.7 Å². The lowest BCUT2D eigenvalue weighted by molar-refractivity contribution is 0.0845. The summed E-state index contributed by atoms with van der Waals surface area (Å²) in [5.41, 5.74) is 9.12. The van der Waals surface area contributed by atoms with Gasteiger partial charge in [0.1, 0.15) is 34.7 Å². The number of fused-ring (bicyclic) bond motifs is 1. The number of hydrogen-bond acceptors (Lipinski definition) is 6. The molecule has 28 heavy (non-hydrogen) atoms. The Hall–Kier alpha value is -3.38. The van der Waals surface area contributed by atoms with Crippen LogP contribution in [0, 0.1) is 0 Å². The topological polar surface area (TPSA) is 125 Å². The Kier molecular flexibility index (Phi) is 6.24. The lowest BCUT2D eigenvalue weighted by Gasteiger charge is -2.26. The van der Waals surface area contributed by atoms with Crippen LogP contribution in [-0.4, -0.2) is 29.1 Å². The molecule has 2 aromatic carbocycles. The summed E-state index contributed by atoms with van der Waals surface area (Å²) in [6.07, 6.45) is 2.25. The molecular formula is C20H21N3O5. The van der Waals surface area contributed by atoms with Gasteiger partial charge in [-0.25, -0.2) is 0 Å².